The van der Waals surface area contributed by atoms with Gasteiger partial charge in [0.1, 0.15) is 18.0 Å². The number of hydrogen-bond acceptors (Lipinski definition) is 5. The molecule has 0 saturated heterocycles. The summed E-state index contributed by atoms with van der Waals surface area (Å²) >= 11 is 0. The molecule has 20 heavy (non-hydrogen) atoms. The molecule has 0 heterocycles. The number of nitro groups is 1. The summed E-state index contributed by atoms with van der Waals surface area (Å²) in [5.74, 6) is 0.587. The fourth-order valence-electron chi connectivity index (χ4n) is 1.63. The third-order valence-corrected chi connectivity index (χ3v) is 2.68. The van der Waals surface area contributed by atoms with Gasteiger partial charge in [-0.15, -0.1) is 0 Å². The van der Waals surface area contributed by atoms with Gasteiger partial charge in [-0.1, -0.05) is 6.07 Å². The first kappa shape index (κ1) is 13.4. The van der Waals surface area contributed by atoms with E-state index in [1.807, 2.05) is 6.07 Å². The van der Waals surface area contributed by atoms with Crippen molar-refractivity contribution in [3.8, 4) is 11.8 Å². The van der Waals surface area contributed by atoms with Crippen LogP contribution in [0.25, 0.3) is 0 Å². The molecule has 0 fully saturated rings. The van der Waals surface area contributed by atoms with Crippen molar-refractivity contribution in [1.82, 2.24) is 0 Å². The molecule has 0 saturated carbocycles. The maximum Gasteiger partial charge on any atom is 0.292 e. The van der Waals surface area contributed by atoms with E-state index in [1.165, 1.54) is 12.1 Å². The summed E-state index contributed by atoms with van der Waals surface area (Å²) in [5.41, 5.74) is 6.70. The Balaban J connectivity index is 2.09. The average Bonchev–Trinajstić information content (AvgIpc) is 2.46. The molecule has 6 nitrogen and oxygen atoms in total. The van der Waals surface area contributed by atoms with E-state index in [4.69, 9.17) is 15.7 Å². The van der Waals surface area contributed by atoms with Gasteiger partial charge < -0.3 is 10.5 Å². The van der Waals surface area contributed by atoms with Crippen LogP contribution in [0.2, 0.25) is 0 Å². The SMILES string of the molecule is N#Cc1ccc(OCc2ccc(N)c([N+](=O)[O-])c2)cc1. The van der Waals surface area contributed by atoms with Crippen molar-refractivity contribution in [3.63, 3.8) is 0 Å². The number of nitriles is 1. The number of benzene rings is 2. The lowest BCUT2D eigenvalue weighted by atomic mass is 10.2. The maximum atomic E-state index is 10.8. The van der Waals surface area contributed by atoms with E-state index in [-0.39, 0.29) is 18.0 Å². The van der Waals surface area contributed by atoms with Crippen LogP contribution in [-0.2, 0) is 6.61 Å². The zero-order valence-electron chi connectivity index (χ0n) is 10.4. The summed E-state index contributed by atoms with van der Waals surface area (Å²) in [5, 5.41) is 19.5. The van der Waals surface area contributed by atoms with E-state index in [2.05, 4.69) is 0 Å². The quantitative estimate of drug-likeness (QED) is 0.522. The van der Waals surface area contributed by atoms with E-state index < -0.39 is 4.92 Å². The molecule has 0 spiro atoms. The summed E-state index contributed by atoms with van der Waals surface area (Å²) in [6.07, 6.45) is 0. The minimum absolute atomic E-state index is 0.122. The van der Waals surface area contributed by atoms with Crippen LogP contribution in [0.1, 0.15) is 11.1 Å². The lowest BCUT2D eigenvalue weighted by Crippen LogP contribution is -2.00. The van der Waals surface area contributed by atoms with Gasteiger partial charge in [-0.05, 0) is 35.9 Å². The fourth-order valence-corrected chi connectivity index (χ4v) is 1.63. The summed E-state index contributed by atoms with van der Waals surface area (Å²) < 4.78 is 5.49. The zero-order valence-corrected chi connectivity index (χ0v) is 10.4. The Morgan fingerprint density at radius 1 is 1.25 bits per heavy atom. The average molecular weight is 269 g/mol. The number of rotatable bonds is 4. The van der Waals surface area contributed by atoms with E-state index in [0.29, 0.717) is 16.9 Å². The van der Waals surface area contributed by atoms with Gasteiger partial charge in [-0.3, -0.25) is 10.1 Å². The first-order chi connectivity index (χ1) is 9.60. The van der Waals surface area contributed by atoms with Crippen LogP contribution in [0.5, 0.6) is 5.75 Å². The van der Waals surface area contributed by atoms with Crippen molar-refractivity contribution in [3.05, 3.63) is 63.7 Å². The van der Waals surface area contributed by atoms with Crippen molar-refractivity contribution in [2.75, 3.05) is 5.73 Å². The third-order valence-electron chi connectivity index (χ3n) is 2.68. The molecule has 2 rings (SSSR count). The molecule has 2 N–H and O–H groups in total. The van der Waals surface area contributed by atoms with Crippen LogP contribution in [-0.4, -0.2) is 4.92 Å². The summed E-state index contributed by atoms with van der Waals surface area (Å²) in [7, 11) is 0. The maximum absolute atomic E-state index is 10.8. The highest BCUT2D eigenvalue weighted by Crippen LogP contribution is 2.23. The summed E-state index contributed by atoms with van der Waals surface area (Å²) in [4.78, 5) is 10.2. The second kappa shape index (κ2) is 5.71. The number of nitrogens with zero attached hydrogens (tertiary/aromatic N) is 2. The van der Waals surface area contributed by atoms with Crippen LogP contribution in [0.15, 0.2) is 42.5 Å². The molecule has 0 aliphatic heterocycles. The van der Waals surface area contributed by atoms with Gasteiger partial charge >= 0.3 is 0 Å². The van der Waals surface area contributed by atoms with Crippen molar-refractivity contribution in [2.45, 2.75) is 6.61 Å². The topological polar surface area (TPSA) is 102 Å². The number of anilines is 1. The highest BCUT2D eigenvalue weighted by Gasteiger charge is 2.11. The third kappa shape index (κ3) is 3.03. The molecular weight excluding hydrogens is 258 g/mol. The molecule has 0 amide bonds. The molecule has 0 radical (unpaired) electrons. The van der Waals surface area contributed by atoms with Crippen LogP contribution in [0, 0.1) is 21.4 Å². The predicted molar refractivity (Wildman–Crippen MR) is 73.0 cm³/mol. The van der Waals surface area contributed by atoms with E-state index in [9.17, 15) is 10.1 Å². The van der Waals surface area contributed by atoms with Crippen molar-refractivity contribution < 1.29 is 9.66 Å². The smallest absolute Gasteiger partial charge is 0.292 e. The Morgan fingerprint density at radius 3 is 2.55 bits per heavy atom. The van der Waals surface area contributed by atoms with Gasteiger partial charge in [0.2, 0.25) is 0 Å². The van der Waals surface area contributed by atoms with Crippen LogP contribution in [0.4, 0.5) is 11.4 Å². The van der Waals surface area contributed by atoms with Gasteiger partial charge in [0, 0.05) is 6.07 Å². The van der Waals surface area contributed by atoms with Gasteiger partial charge in [-0.2, -0.15) is 5.26 Å². The minimum Gasteiger partial charge on any atom is -0.489 e. The standard InChI is InChI=1S/C14H11N3O3/c15-8-10-1-4-12(5-2-10)20-9-11-3-6-13(16)14(7-11)17(18)19/h1-7H,9,16H2. The molecule has 0 atom stereocenters. The largest absolute Gasteiger partial charge is 0.489 e. The van der Waals surface area contributed by atoms with Crippen LogP contribution >= 0.6 is 0 Å². The number of nitro benzene ring substituents is 1. The van der Waals surface area contributed by atoms with Gasteiger partial charge in [-0.25, -0.2) is 0 Å². The Morgan fingerprint density at radius 2 is 1.95 bits per heavy atom. The van der Waals surface area contributed by atoms with Gasteiger partial charge in [0.25, 0.3) is 5.69 Å². The predicted octanol–water partition coefficient (Wildman–Crippen LogP) is 2.63. The second-order valence-corrected chi connectivity index (χ2v) is 4.08. The monoisotopic (exact) mass is 269 g/mol. The zero-order chi connectivity index (χ0) is 14.5. The van der Waals surface area contributed by atoms with Crippen molar-refractivity contribution in [1.29, 1.82) is 5.26 Å². The highest BCUT2D eigenvalue weighted by molar-refractivity contribution is 5.59. The number of nitrogens with two attached hydrogens (primary N) is 1. The van der Waals surface area contributed by atoms with E-state index in [1.54, 1.807) is 30.3 Å². The first-order valence-electron chi connectivity index (χ1n) is 5.76. The summed E-state index contributed by atoms with van der Waals surface area (Å²) in [6, 6.07) is 13.2. The minimum atomic E-state index is -0.527. The summed E-state index contributed by atoms with van der Waals surface area (Å²) in [6.45, 7) is 0.188. The fraction of sp³-hybridized carbons (Fsp3) is 0.0714. The molecule has 0 aliphatic rings. The molecular formula is C14H11N3O3. The lowest BCUT2D eigenvalue weighted by Gasteiger charge is -2.07. The Kier molecular flexibility index (Phi) is 3.82. The second-order valence-electron chi connectivity index (χ2n) is 4.08. The molecule has 0 aromatic heterocycles. The highest BCUT2D eigenvalue weighted by atomic mass is 16.6. The number of ether oxygens (including phenoxy) is 1. The number of nitrogen functional groups attached to an aromatic ring is 1. The number of hydrogen-bond donors (Lipinski definition) is 1. The van der Waals surface area contributed by atoms with Gasteiger partial charge in [0.05, 0.1) is 16.6 Å². The van der Waals surface area contributed by atoms with Crippen LogP contribution in [0.3, 0.4) is 0 Å². The van der Waals surface area contributed by atoms with Crippen molar-refractivity contribution in [2.24, 2.45) is 0 Å². The molecule has 0 aliphatic carbocycles. The lowest BCUT2D eigenvalue weighted by molar-refractivity contribution is -0.384. The van der Waals surface area contributed by atoms with E-state index >= 15 is 0 Å². The van der Waals surface area contributed by atoms with Crippen molar-refractivity contribution >= 4 is 11.4 Å². The Labute approximate surface area is 115 Å². The van der Waals surface area contributed by atoms with Gasteiger partial charge in [0.15, 0.2) is 0 Å². The molecule has 0 bridgehead atoms. The first-order valence-corrected chi connectivity index (χ1v) is 5.76. The normalized spacial score (nSPS) is 9.75. The van der Waals surface area contributed by atoms with E-state index in [0.717, 1.165) is 0 Å². The molecule has 100 valence electrons. The molecule has 6 heteroatoms. The Bertz CT molecular complexity index is 675. The molecule has 2 aromatic rings. The Hall–Kier alpha value is -3.07. The molecule has 0 unspecified atom stereocenters. The molecule has 2 aromatic carbocycles. The van der Waals surface area contributed by atoms with Crippen LogP contribution < -0.4 is 10.5 Å².